The van der Waals surface area contributed by atoms with Gasteiger partial charge in [0.25, 0.3) is 0 Å². The van der Waals surface area contributed by atoms with Crippen LogP contribution in [0.4, 0.5) is 4.39 Å². The van der Waals surface area contributed by atoms with Crippen molar-refractivity contribution in [2.45, 2.75) is 25.8 Å². The van der Waals surface area contributed by atoms with Crippen LogP contribution in [0.3, 0.4) is 0 Å². The van der Waals surface area contributed by atoms with E-state index in [1.807, 2.05) is 0 Å². The average Bonchev–Trinajstić information content (AvgIpc) is 2.34. The van der Waals surface area contributed by atoms with E-state index in [2.05, 4.69) is 4.90 Å². The van der Waals surface area contributed by atoms with Gasteiger partial charge in [0, 0.05) is 23.7 Å². The molecule has 1 atom stereocenters. The summed E-state index contributed by atoms with van der Waals surface area (Å²) in [6, 6.07) is 4.92. The van der Waals surface area contributed by atoms with Crippen LogP contribution in [-0.4, -0.2) is 24.5 Å². The van der Waals surface area contributed by atoms with Gasteiger partial charge >= 0.3 is 0 Å². The lowest BCUT2D eigenvalue weighted by molar-refractivity contribution is 0.161. The number of hydrogen-bond acceptors (Lipinski definition) is 2. The van der Waals surface area contributed by atoms with Crippen LogP contribution in [0.25, 0.3) is 0 Å². The Morgan fingerprint density at radius 3 is 3.00 bits per heavy atom. The van der Waals surface area contributed by atoms with Crippen molar-refractivity contribution in [2.24, 2.45) is 11.7 Å². The van der Waals surface area contributed by atoms with Gasteiger partial charge in [-0.05, 0) is 50.4 Å². The summed E-state index contributed by atoms with van der Waals surface area (Å²) in [5, 5.41) is 0.455. The topological polar surface area (TPSA) is 29.3 Å². The first-order valence-corrected chi connectivity index (χ1v) is 6.93. The fourth-order valence-electron chi connectivity index (χ4n) is 2.66. The number of benzene rings is 1. The molecule has 1 fully saturated rings. The maximum atomic E-state index is 13.7. The molecule has 0 saturated carbocycles. The molecule has 18 heavy (non-hydrogen) atoms. The van der Waals surface area contributed by atoms with Gasteiger partial charge < -0.3 is 5.73 Å². The van der Waals surface area contributed by atoms with Crippen molar-refractivity contribution in [2.75, 3.05) is 19.6 Å². The van der Waals surface area contributed by atoms with Crippen molar-refractivity contribution in [1.29, 1.82) is 0 Å². The minimum Gasteiger partial charge on any atom is -0.330 e. The molecule has 0 aromatic heterocycles. The largest absolute Gasteiger partial charge is 0.330 e. The SMILES string of the molecule is NCC[C@@H]1CCCN(Cc2ccc(Cl)cc2F)C1. The molecule has 0 spiro atoms. The molecule has 1 saturated heterocycles. The van der Waals surface area contributed by atoms with E-state index >= 15 is 0 Å². The molecular formula is C14H20ClFN2. The van der Waals surface area contributed by atoms with E-state index in [1.165, 1.54) is 18.9 Å². The summed E-state index contributed by atoms with van der Waals surface area (Å²) in [6.45, 7) is 3.49. The first-order chi connectivity index (χ1) is 8.69. The molecule has 2 nitrogen and oxygen atoms in total. The summed E-state index contributed by atoms with van der Waals surface area (Å²) in [5.74, 6) is 0.461. The summed E-state index contributed by atoms with van der Waals surface area (Å²) in [4.78, 5) is 2.32. The lowest BCUT2D eigenvalue weighted by atomic mass is 9.94. The third-order valence-electron chi connectivity index (χ3n) is 3.59. The predicted molar refractivity (Wildman–Crippen MR) is 73.1 cm³/mol. The Morgan fingerprint density at radius 1 is 1.44 bits per heavy atom. The highest BCUT2D eigenvalue weighted by molar-refractivity contribution is 6.30. The molecule has 1 aliphatic heterocycles. The molecule has 0 unspecified atom stereocenters. The fraction of sp³-hybridized carbons (Fsp3) is 0.571. The molecule has 0 amide bonds. The lowest BCUT2D eigenvalue weighted by Gasteiger charge is -2.32. The van der Waals surface area contributed by atoms with Gasteiger partial charge in [0.05, 0.1) is 0 Å². The van der Waals surface area contributed by atoms with Gasteiger partial charge in [-0.2, -0.15) is 0 Å². The number of nitrogens with zero attached hydrogens (tertiary/aromatic N) is 1. The first kappa shape index (κ1) is 13.8. The van der Waals surface area contributed by atoms with Gasteiger partial charge in [-0.15, -0.1) is 0 Å². The van der Waals surface area contributed by atoms with Crippen molar-refractivity contribution in [3.63, 3.8) is 0 Å². The van der Waals surface area contributed by atoms with E-state index < -0.39 is 0 Å². The molecule has 2 rings (SSSR count). The summed E-state index contributed by atoms with van der Waals surface area (Å²) in [5.41, 5.74) is 6.33. The number of halogens is 2. The van der Waals surface area contributed by atoms with Crippen molar-refractivity contribution in [1.82, 2.24) is 4.90 Å². The van der Waals surface area contributed by atoms with Gasteiger partial charge in [-0.3, -0.25) is 4.90 Å². The zero-order valence-electron chi connectivity index (χ0n) is 10.5. The highest BCUT2D eigenvalue weighted by Gasteiger charge is 2.20. The second kappa shape index (κ2) is 6.50. The van der Waals surface area contributed by atoms with E-state index in [1.54, 1.807) is 12.1 Å². The average molecular weight is 271 g/mol. The number of hydrogen-bond donors (Lipinski definition) is 1. The summed E-state index contributed by atoms with van der Waals surface area (Å²) >= 11 is 5.76. The van der Waals surface area contributed by atoms with Crippen molar-refractivity contribution in [3.05, 3.63) is 34.6 Å². The molecule has 1 heterocycles. The molecule has 100 valence electrons. The van der Waals surface area contributed by atoms with Gasteiger partial charge in [-0.1, -0.05) is 17.7 Å². The Labute approximate surface area is 113 Å². The Kier molecular flexibility index (Phi) is 4.98. The highest BCUT2D eigenvalue weighted by atomic mass is 35.5. The standard InChI is InChI=1S/C14H20ClFN2/c15-13-4-3-12(14(16)8-13)10-18-7-1-2-11(9-18)5-6-17/h3-4,8,11H,1-2,5-7,9-10,17H2/t11-/m0/s1. The summed E-state index contributed by atoms with van der Waals surface area (Å²) in [6.07, 6.45) is 3.50. The minimum atomic E-state index is -0.205. The fourth-order valence-corrected chi connectivity index (χ4v) is 2.82. The maximum absolute atomic E-state index is 13.7. The molecule has 0 aliphatic carbocycles. The normalized spacial score (nSPS) is 21.2. The third-order valence-corrected chi connectivity index (χ3v) is 3.82. The van der Waals surface area contributed by atoms with E-state index in [4.69, 9.17) is 17.3 Å². The van der Waals surface area contributed by atoms with Crippen LogP contribution in [0, 0.1) is 11.7 Å². The predicted octanol–water partition coefficient (Wildman–Crippen LogP) is 3.04. The molecule has 2 N–H and O–H groups in total. The summed E-state index contributed by atoms with van der Waals surface area (Å²) < 4.78 is 13.7. The Morgan fingerprint density at radius 2 is 2.28 bits per heavy atom. The number of nitrogens with two attached hydrogens (primary N) is 1. The number of rotatable bonds is 4. The van der Waals surface area contributed by atoms with Crippen LogP contribution >= 0.6 is 11.6 Å². The van der Waals surface area contributed by atoms with Crippen molar-refractivity contribution < 1.29 is 4.39 Å². The van der Waals surface area contributed by atoms with E-state index in [9.17, 15) is 4.39 Å². The number of piperidine rings is 1. The van der Waals surface area contributed by atoms with Gasteiger partial charge in [0.1, 0.15) is 5.82 Å². The van der Waals surface area contributed by atoms with Gasteiger partial charge in [0.2, 0.25) is 0 Å². The van der Waals surface area contributed by atoms with E-state index in [-0.39, 0.29) is 5.82 Å². The monoisotopic (exact) mass is 270 g/mol. The van der Waals surface area contributed by atoms with Crippen molar-refractivity contribution >= 4 is 11.6 Å². The second-order valence-corrected chi connectivity index (χ2v) is 5.49. The van der Waals surface area contributed by atoms with Gasteiger partial charge in [0.15, 0.2) is 0 Å². The number of likely N-dealkylation sites (tertiary alicyclic amines) is 1. The quantitative estimate of drug-likeness (QED) is 0.911. The summed E-state index contributed by atoms with van der Waals surface area (Å²) in [7, 11) is 0. The van der Waals surface area contributed by atoms with Crippen molar-refractivity contribution in [3.8, 4) is 0 Å². The molecule has 1 aromatic carbocycles. The van der Waals surface area contributed by atoms with Crippen LogP contribution in [-0.2, 0) is 6.54 Å². The zero-order valence-corrected chi connectivity index (χ0v) is 11.3. The third kappa shape index (κ3) is 3.67. The van der Waals surface area contributed by atoms with E-state index in [0.717, 1.165) is 31.6 Å². The Hall–Kier alpha value is -0.640. The molecule has 0 radical (unpaired) electrons. The van der Waals surface area contributed by atoms with Crippen LogP contribution in [0.1, 0.15) is 24.8 Å². The Balaban J connectivity index is 1.96. The highest BCUT2D eigenvalue weighted by Crippen LogP contribution is 2.22. The van der Waals surface area contributed by atoms with Crippen LogP contribution in [0.2, 0.25) is 5.02 Å². The first-order valence-electron chi connectivity index (χ1n) is 6.55. The minimum absolute atomic E-state index is 0.205. The van der Waals surface area contributed by atoms with Crippen LogP contribution in [0.15, 0.2) is 18.2 Å². The van der Waals surface area contributed by atoms with Gasteiger partial charge in [-0.25, -0.2) is 4.39 Å². The van der Waals surface area contributed by atoms with E-state index in [0.29, 0.717) is 17.5 Å². The molecule has 4 heteroatoms. The molecule has 0 bridgehead atoms. The second-order valence-electron chi connectivity index (χ2n) is 5.06. The molecule has 1 aromatic rings. The zero-order chi connectivity index (χ0) is 13.0. The maximum Gasteiger partial charge on any atom is 0.129 e. The Bertz CT molecular complexity index is 395. The van der Waals surface area contributed by atoms with Crippen LogP contribution in [0.5, 0.6) is 0 Å². The molecule has 1 aliphatic rings. The van der Waals surface area contributed by atoms with Crippen LogP contribution < -0.4 is 5.73 Å². The smallest absolute Gasteiger partial charge is 0.129 e. The lowest BCUT2D eigenvalue weighted by Crippen LogP contribution is -2.35. The molecular weight excluding hydrogens is 251 g/mol.